The van der Waals surface area contributed by atoms with E-state index in [1.54, 1.807) is 18.8 Å². The number of ether oxygens (including phenoxy) is 1. The van der Waals surface area contributed by atoms with E-state index in [2.05, 4.69) is 33.0 Å². The van der Waals surface area contributed by atoms with Gasteiger partial charge >= 0.3 is 6.01 Å². The smallest absolute Gasteiger partial charge is 0.320 e. The number of hydrogen-bond acceptors (Lipinski definition) is 12. The Bertz CT molecular complexity index is 1740. The fourth-order valence-corrected chi connectivity index (χ4v) is 8.39. The average Bonchev–Trinajstić information content (AvgIpc) is 3.78. The number of methoxy groups -OCH3 is 1. The fourth-order valence-electron chi connectivity index (χ4n) is 7.19. The van der Waals surface area contributed by atoms with Crippen LogP contribution >= 0.6 is 22.9 Å². The first kappa shape index (κ1) is 33.9. The molecule has 2 atom stereocenters. The summed E-state index contributed by atoms with van der Waals surface area (Å²) in [5.41, 5.74) is 8.28. The van der Waals surface area contributed by atoms with E-state index in [1.807, 2.05) is 15.2 Å². The summed E-state index contributed by atoms with van der Waals surface area (Å²) in [7, 11) is 4.77. The minimum atomic E-state index is -0.518. The van der Waals surface area contributed by atoms with Gasteiger partial charge in [0.1, 0.15) is 28.9 Å². The molecule has 16 heteroatoms. The van der Waals surface area contributed by atoms with Crippen LogP contribution in [0.2, 0.25) is 5.02 Å². The third kappa shape index (κ3) is 6.17. The number of rotatable bonds is 6. The van der Waals surface area contributed by atoms with Crippen molar-refractivity contribution >= 4 is 51.8 Å². The van der Waals surface area contributed by atoms with Crippen molar-refractivity contribution in [3.05, 3.63) is 38.5 Å². The number of aromatic nitrogens is 4. The minimum Gasteiger partial charge on any atom is -0.467 e. The summed E-state index contributed by atoms with van der Waals surface area (Å²) in [6.07, 6.45) is 4.26. The first-order valence-corrected chi connectivity index (χ1v) is 17.3. The van der Waals surface area contributed by atoms with E-state index in [0.717, 1.165) is 24.8 Å². The summed E-state index contributed by atoms with van der Waals surface area (Å²) >= 11 is 8.00. The number of alkyl halides is 1. The van der Waals surface area contributed by atoms with Crippen LogP contribution in [0.5, 0.6) is 6.01 Å². The topological polar surface area (TPSA) is 150 Å². The SMILES string of the molecule is COc1nc(N2CCCn3nc(C(=O)N(C)C)c(Cl)c3C2)c(C=O)c(N2CC(C)(c3csc(N)c3C#N)C2)n1.FC1CC2CCCN2C1. The van der Waals surface area contributed by atoms with Crippen LogP contribution in [0.15, 0.2) is 5.38 Å². The number of amides is 1. The molecule has 2 unspecified atom stereocenters. The monoisotopic (exact) mass is 698 g/mol. The average molecular weight is 699 g/mol. The number of nitrogen functional groups attached to an aromatic ring is 1. The van der Waals surface area contributed by atoms with Crippen LogP contribution in [0.3, 0.4) is 0 Å². The van der Waals surface area contributed by atoms with Gasteiger partial charge in [-0.15, -0.1) is 11.3 Å². The molecule has 0 bridgehead atoms. The number of aryl methyl sites for hydroxylation is 1. The molecule has 3 fully saturated rings. The maximum Gasteiger partial charge on any atom is 0.320 e. The van der Waals surface area contributed by atoms with Crippen molar-refractivity contribution < 1.29 is 18.7 Å². The first-order chi connectivity index (χ1) is 23.0. The Morgan fingerprint density at radius 2 is 1.96 bits per heavy atom. The van der Waals surface area contributed by atoms with E-state index in [1.165, 1.54) is 36.2 Å². The van der Waals surface area contributed by atoms with Gasteiger partial charge in [-0.3, -0.25) is 19.2 Å². The zero-order chi connectivity index (χ0) is 34.3. The van der Waals surface area contributed by atoms with Crippen molar-refractivity contribution in [1.29, 1.82) is 5.26 Å². The lowest BCUT2D eigenvalue weighted by Gasteiger charge is -2.49. The molecule has 0 aliphatic carbocycles. The van der Waals surface area contributed by atoms with Gasteiger partial charge in [0.25, 0.3) is 5.91 Å². The quantitative estimate of drug-likeness (QED) is 0.375. The second-order valence-corrected chi connectivity index (χ2v) is 14.5. The van der Waals surface area contributed by atoms with Gasteiger partial charge in [-0.05, 0) is 43.2 Å². The number of aldehydes is 1. The molecule has 2 N–H and O–H groups in total. The standard InChI is InChI=1S/C25H28ClN9O3S.C7H12FN/c1-25(16-11-39-20(28)14(16)8-27)12-34(13-25)22-15(10-36)21(29-24(30-22)38-4)33-6-5-7-35-17(9-33)18(26)19(31-35)23(37)32(2)3;8-6-4-7-2-1-3-9(7)5-6/h10-11H,5-7,9,12-13,28H2,1-4H3;6-7H,1-5H2. The zero-order valence-corrected chi connectivity index (χ0v) is 29.2. The summed E-state index contributed by atoms with van der Waals surface area (Å²) in [6.45, 7) is 6.43. The van der Waals surface area contributed by atoms with Crippen molar-refractivity contribution in [2.24, 2.45) is 0 Å². The molecular formula is C32H40ClFN10O3S. The molecule has 13 nitrogen and oxygen atoms in total. The lowest BCUT2D eigenvalue weighted by atomic mass is 9.75. The molecule has 7 rings (SSSR count). The van der Waals surface area contributed by atoms with E-state index < -0.39 is 6.17 Å². The van der Waals surface area contributed by atoms with Crippen LogP contribution < -0.4 is 20.3 Å². The molecule has 3 aromatic heterocycles. The van der Waals surface area contributed by atoms with Crippen molar-refractivity contribution in [3.63, 3.8) is 0 Å². The maximum atomic E-state index is 12.6. The normalized spacial score (nSPS) is 21.3. The number of anilines is 3. The third-order valence-electron chi connectivity index (χ3n) is 9.65. The number of carbonyl (C=O) groups is 2. The summed E-state index contributed by atoms with van der Waals surface area (Å²) in [4.78, 5) is 41.8. The number of hydrogen-bond donors (Lipinski definition) is 1. The molecule has 3 saturated heterocycles. The van der Waals surface area contributed by atoms with E-state index in [0.29, 0.717) is 85.2 Å². The van der Waals surface area contributed by atoms with Gasteiger partial charge in [-0.25, -0.2) is 4.39 Å². The number of nitriles is 1. The van der Waals surface area contributed by atoms with Crippen LogP contribution in [0, 0.1) is 11.3 Å². The van der Waals surface area contributed by atoms with Crippen LogP contribution in [0.4, 0.5) is 21.0 Å². The molecule has 0 saturated carbocycles. The molecule has 0 spiro atoms. The molecule has 0 aromatic carbocycles. The number of thiophene rings is 1. The van der Waals surface area contributed by atoms with Crippen molar-refractivity contribution in [2.75, 3.05) is 69.5 Å². The van der Waals surface area contributed by atoms with Crippen LogP contribution in [-0.2, 0) is 18.5 Å². The second kappa shape index (κ2) is 13.5. The molecule has 7 heterocycles. The van der Waals surface area contributed by atoms with Gasteiger partial charge in [0.2, 0.25) is 0 Å². The number of carbonyl (C=O) groups excluding carboxylic acids is 2. The van der Waals surface area contributed by atoms with Gasteiger partial charge in [0.05, 0.1) is 35.5 Å². The summed E-state index contributed by atoms with van der Waals surface area (Å²) in [5, 5.41) is 16.8. The summed E-state index contributed by atoms with van der Waals surface area (Å²) < 4.78 is 19.8. The zero-order valence-electron chi connectivity index (χ0n) is 27.6. The maximum absolute atomic E-state index is 12.6. The van der Waals surface area contributed by atoms with E-state index in [9.17, 15) is 19.2 Å². The molecule has 48 heavy (non-hydrogen) atoms. The van der Waals surface area contributed by atoms with Crippen molar-refractivity contribution in [2.45, 2.75) is 63.3 Å². The Hall–Kier alpha value is -4.00. The van der Waals surface area contributed by atoms with Gasteiger partial charge in [0.15, 0.2) is 12.0 Å². The number of halogens is 2. The second-order valence-electron chi connectivity index (χ2n) is 13.2. The largest absolute Gasteiger partial charge is 0.467 e. The Morgan fingerprint density at radius 3 is 2.60 bits per heavy atom. The fraction of sp³-hybridized carbons (Fsp3) is 0.562. The summed E-state index contributed by atoms with van der Waals surface area (Å²) in [5.74, 6) is 0.599. The molecule has 0 radical (unpaired) electrons. The van der Waals surface area contributed by atoms with Crippen molar-refractivity contribution in [3.8, 4) is 12.1 Å². The molecule has 1 amide bonds. The lowest BCUT2D eigenvalue weighted by Crippen LogP contribution is -2.58. The Labute approximate surface area is 288 Å². The molecule has 3 aromatic rings. The predicted octanol–water partition coefficient (Wildman–Crippen LogP) is 3.75. The highest BCUT2D eigenvalue weighted by Crippen LogP contribution is 2.44. The number of nitrogens with two attached hydrogens (primary N) is 1. The molecule has 4 aliphatic heterocycles. The highest BCUT2D eigenvalue weighted by atomic mass is 35.5. The van der Waals surface area contributed by atoms with Gasteiger partial charge in [-0.1, -0.05) is 18.5 Å². The minimum absolute atomic E-state index is 0.129. The third-order valence-corrected chi connectivity index (χ3v) is 10.9. The Morgan fingerprint density at radius 1 is 1.23 bits per heavy atom. The molecular weight excluding hydrogens is 659 g/mol. The Kier molecular flexibility index (Phi) is 9.52. The molecule has 256 valence electrons. The number of fused-ring (bicyclic) bond motifs is 2. The lowest BCUT2D eigenvalue weighted by molar-refractivity contribution is 0.0821. The predicted molar refractivity (Wildman–Crippen MR) is 182 cm³/mol. The number of nitrogens with zero attached hydrogens (tertiary/aromatic N) is 9. The van der Waals surface area contributed by atoms with Gasteiger partial charge in [-0.2, -0.15) is 20.3 Å². The Balaban J connectivity index is 0.000000381. The van der Waals surface area contributed by atoms with Crippen LogP contribution in [0.25, 0.3) is 0 Å². The summed E-state index contributed by atoms with van der Waals surface area (Å²) in [6, 6.07) is 2.96. The van der Waals surface area contributed by atoms with Gasteiger partial charge in [0, 0.05) is 58.3 Å². The van der Waals surface area contributed by atoms with E-state index in [4.69, 9.17) is 22.1 Å². The highest BCUT2D eigenvalue weighted by molar-refractivity contribution is 7.14. The van der Waals surface area contributed by atoms with Gasteiger partial charge < -0.3 is 25.2 Å². The molecule has 4 aliphatic rings. The van der Waals surface area contributed by atoms with Crippen LogP contribution in [-0.4, -0.2) is 108 Å². The highest BCUT2D eigenvalue weighted by Gasteiger charge is 2.45. The van der Waals surface area contributed by atoms with E-state index >= 15 is 0 Å². The first-order valence-electron chi connectivity index (χ1n) is 16.0. The van der Waals surface area contributed by atoms with E-state index in [-0.39, 0.29) is 28.0 Å². The van der Waals surface area contributed by atoms with Crippen molar-refractivity contribution in [1.82, 2.24) is 29.5 Å². The van der Waals surface area contributed by atoms with Crippen LogP contribution in [0.1, 0.15) is 70.3 Å².